The number of likely N-dealkylation sites (tertiary alicyclic amines) is 1. The smallest absolute Gasteiger partial charge is 0.410 e. The van der Waals surface area contributed by atoms with E-state index in [1.54, 1.807) is 18.4 Å². The number of amides is 1. The predicted octanol–water partition coefficient (Wildman–Crippen LogP) is 3.16. The van der Waals surface area contributed by atoms with Gasteiger partial charge < -0.3 is 20.3 Å². The van der Waals surface area contributed by atoms with Gasteiger partial charge in [0.2, 0.25) is 0 Å². The summed E-state index contributed by atoms with van der Waals surface area (Å²) in [5.74, 6) is 0.720. The highest BCUT2D eigenvalue weighted by Crippen LogP contribution is 2.20. The Morgan fingerprint density at radius 1 is 1.41 bits per heavy atom. The Morgan fingerprint density at radius 2 is 2.19 bits per heavy atom. The Balaban J connectivity index is 1.86. The summed E-state index contributed by atoms with van der Waals surface area (Å²) in [6, 6.07) is 0.110. The van der Waals surface area contributed by atoms with Crippen LogP contribution in [0.5, 0.6) is 0 Å². The third-order valence-electron chi connectivity index (χ3n) is 4.34. The molecular weight excluding hydrogens is 362 g/mol. The molecule has 8 heteroatoms. The molecule has 0 bridgehead atoms. The van der Waals surface area contributed by atoms with Crippen LogP contribution in [-0.4, -0.2) is 53.7 Å². The summed E-state index contributed by atoms with van der Waals surface area (Å²) in [5.41, 5.74) is -0.477. The number of carbonyl (C=O) groups excluding carboxylic acids is 1. The normalized spacial score (nSPS) is 18.3. The number of hydrogen-bond acceptors (Lipinski definition) is 5. The Kier molecular flexibility index (Phi) is 7.89. The number of carbonyl (C=O) groups is 1. The van der Waals surface area contributed by atoms with Crippen LogP contribution in [0.3, 0.4) is 0 Å². The van der Waals surface area contributed by atoms with Crippen molar-refractivity contribution in [1.82, 2.24) is 20.5 Å². The van der Waals surface area contributed by atoms with E-state index in [0.717, 1.165) is 43.2 Å². The van der Waals surface area contributed by atoms with E-state index in [4.69, 9.17) is 4.74 Å². The SMILES string of the molecule is CCc1cnc(CNC(=NC)NCC2CCCCN2C(=O)OC(C)(C)C)s1. The van der Waals surface area contributed by atoms with Gasteiger partial charge in [0.15, 0.2) is 5.96 Å². The largest absolute Gasteiger partial charge is 0.444 e. The number of hydrogen-bond donors (Lipinski definition) is 2. The highest BCUT2D eigenvalue weighted by Gasteiger charge is 2.30. The fourth-order valence-corrected chi connectivity index (χ4v) is 3.76. The molecule has 1 unspecified atom stereocenters. The first-order valence-electron chi connectivity index (χ1n) is 9.70. The van der Waals surface area contributed by atoms with Crippen molar-refractivity contribution in [2.75, 3.05) is 20.1 Å². The molecule has 2 rings (SSSR count). The molecule has 1 atom stereocenters. The fourth-order valence-electron chi connectivity index (χ4n) is 2.96. The van der Waals surface area contributed by atoms with Crippen molar-refractivity contribution in [3.8, 4) is 0 Å². The zero-order valence-corrected chi connectivity index (χ0v) is 18.0. The number of thiazole rings is 1. The van der Waals surface area contributed by atoms with E-state index >= 15 is 0 Å². The summed E-state index contributed by atoms with van der Waals surface area (Å²) in [6.07, 6.45) is 5.82. The van der Waals surface area contributed by atoms with E-state index < -0.39 is 5.60 Å². The molecule has 152 valence electrons. The highest BCUT2D eigenvalue weighted by atomic mass is 32.1. The van der Waals surface area contributed by atoms with Crippen LogP contribution in [0.1, 0.15) is 56.8 Å². The third kappa shape index (κ3) is 7.01. The summed E-state index contributed by atoms with van der Waals surface area (Å²) in [7, 11) is 1.75. The van der Waals surface area contributed by atoms with Crippen LogP contribution in [0.25, 0.3) is 0 Å². The van der Waals surface area contributed by atoms with Gasteiger partial charge in [-0.05, 0) is 46.5 Å². The van der Waals surface area contributed by atoms with E-state index in [1.165, 1.54) is 4.88 Å². The standard InChI is InChI=1S/C19H33N5O2S/c1-6-15-12-21-16(27-15)13-23-17(20-5)22-11-14-9-7-8-10-24(14)18(25)26-19(2,3)4/h12,14H,6-11,13H2,1-5H3,(H2,20,22,23). The Bertz CT molecular complexity index is 638. The van der Waals surface area contributed by atoms with Crippen LogP contribution in [0.2, 0.25) is 0 Å². The number of nitrogens with zero attached hydrogens (tertiary/aromatic N) is 3. The van der Waals surface area contributed by atoms with E-state index in [9.17, 15) is 4.79 Å². The van der Waals surface area contributed by atoms with Crippen LogP contribution in [0.15, 0.2) is 11.2 Å². The third-order valence-corrected chi connectivity index (χ3v) is 5.48. The lowest BCUT2D eigenvalue weighted by Crippen LogP contribution is -2.52. The molecule has 2 heterocycles. The van der Waals surface area contributed by atoms with Gasteiger partial charge in [-0.15, -0.1) is 11.3 Å². The lowest BCUT2D eigenvalue weighted by Gasteiger charge is -2.37. The molecule has 1 saturated heterocycles. The maximum Gasteiger partial charge on any atom is 0.410 e. The summed E-state index contributed by atoms with van der Waals surface area (Å²) in [4.78, 5) is 24.3. The number of nitrogens with one attached hydrogen (secondary N) is 2. The quantitative estimate of drug-likeness (QED) is 0.591. The molecule has 0 saturated carbocycles. The van der Waals surface area contributed by atoms with E-state index in [0.29, 0.717) is 13.1 Å². The van der Waals surface area contributed by atoms with Gasteiger partial charge in [0.25, 0.3) is 0 Å². The molecule has 0 aromatic carbocycles. The number of aromatic nitrogens is 1. The van der Waals surface area contributed by atoms with E-state index in [-0.39, 0.29) is 12.1 Å². The fraction of sp³-hybridized carbons (Fsp3) is 0.737. The molecule has 2 N–H and O–H groups in total. The van der Waals surface area contributed by atoms with Crippen LogP contribution in [0, 0.1) is 0 Å². The van der Waals surface area contributed by atoms with Crippen molar-refractivity contribution in [3.05, 3.63) is 16.1 Å². The molecule has 0 spiro atoms. The molecule has 1 amide bonds. The van der Waals surface area contributed by atoms with Crippen LogP contribution in [0.4, 0.5) is 4.79 Å². The number of aliphatic imine (C=N–C) groups is 1. The van der Waals surface area contributed by atoms with Crippen LogP contribution < -0.4 is 10.6 Å². The number of rotatable bonds is 5. The zero-order chi connectivity index (χ0) is 19.9. The minimum Gasteiger partial charge on any atom is -0.444 e. The summed E-state index contributed by atoms with van der Waals surface area (Å²) < 4.78 is 5.57. The molecule has 7 nitrogen and oxygen atoms in total. The topological polar surface area (TPSA) is 78.9 Å². The number of ether oxygens (including phenoxy) is 1. The van der Waals surface area contributed by atoms with Gasteiger partial charge in [0, 0.05) is 31.2 Å². The Hall–Kier alpha value is -1.83. The minimum absolute atomic E-state index is 0.110. The van der Waals surface area contributed by atoms with Gasteiger partial charge in [0.05, 0.1) is 12.6 Å². The molecule has 27 heavy (non-hydrogen) atoms. The lowest BCUT2D eigenvalue weighted by molar-refractivity contribution is 0.0104. The predicted molar refractivity (Wildman–Crippen MR) is 110 cm³/mol. The summed E-state index contributed by atoms with van der Waals surface area (Å²) in [6.45, 7) is 9.86. The van der Waals surface area contributed by atoms with Crippen molar-refractivity contribution < 1.29 is 9.53 Å². The first-order valence-corrected chi connectivity index (χ1v) is 10.5. The average Bonchev–Trinajstić information content (AvgIpc) is 3.09. The molecule has 1 aliphatic heterocycles. The first-order chi connectivity index (χ1) is 12.8. The van der Waals surface area contributed by atoms with Crippen molar-refractivity contribution >= 4 is 23.4 Å². The van der Waals surface area contributed by atoms with Crippen molar-refractivity contribution in [1.29, 1.82) is 0 Å². The molecule has 1 aliphatic rings. The number of guanidine groups is 1. The molecule has 1 aromatic rings. The number of aryl methyl sites for hydroxylation is 1. The molecule has 0 aliphatic carbocycles. The first kappa shape index (κ1) is 21.5. The van der Waals surface area contributed by atoms with Gasteiger partial charge in [-0.25, -0.2) is 9.78 Å². The molecule has 1 aromatic heterocycles. The lowest BCUT2D eigenvalue weighted by atomic mass is 10.0. The monoisotopic (exact) mass is 395 g/mol. The maximum atomic E-state index is 12.5. The van der Waals surface area contributed by atoms with Crippen LogP contribution in [-0.2, 0) is 17.7 Å². The van der Waals surface area contributed by atoms with Gasteiger partial charge >= 0.3 is 6.09 Å². The second-order valence-corrected chi connectivity index (χ2v) is 8.90. The van der Waals surface area contributed by atoms with E-state index in [2.05, 4.69) is 27.5 Å². The second-order valence-electron chi connectivity index (χ2n) is 7.70. The van der Waals surface area contributed by atoms with Gasteiger partial charge in [0.1, 0.15) is 10.6 Å². The molecule has 1 fully saturated rings. The van der Waals surface area contributed by atoms with Crippen molar-refractivity contribution in [2.24, 2.45) is 4.99 Å². The molecular formula is C19H33N5O2S. The van der Waals surface area contributed by atoms with Crippen molar-refractivity contribution in [2.45, 2.75) is 71.6 Å². The van der Waals surface area contributed by atoms with Crippen LogP contribution >= 0.6 is 11.3 Å². The minimum atomic E-state index is -0.477. The summed E-state index contributed by atoms with van der Waals surface area (Å²) >= 11 is 1.72. The van der Waals surface area contributed by atoms with Gasteiger partial charge in [-0.3, -0.25) is 4.99 Å². The summed E-state index contributed by atoms with van der Waals surface area (Å²) in [5, 5.41) is 7.69. The van der Waals surface area contributed by atoms with E-state index in [1.807, 2.05) is 31.9 Å². The van der Waals surface area contributed by atoms with Gasteiger partial charge in [-0.2, -0.15) is 0 Å². The Morgan fingerprint density at radius 3 is 2.81 bits per heavy atom. The van der Waals surface area contributed by atoms with Crippen molar-refractivity contribution in [3.63, 3.8) is 0 Å². The maximum absolute atomic E-state index is 12.5. The zero-order valence-electron chi connectivity index (χ0n) is 17.2. The molecule has 0 radical (unpaired) electrons. The highest BCUT2D eigenvalue weighted by molar-refractivity contribution is 7.11. The Labute approximate surface area is 166 Å². The number of piperidine rings is 1. The second kappa shape index (κ2) is 9.92. The van der Waals surface area contributed by atoms with Gasteiger partial charge in [-0.1, -0.05) is 6.92 Å². The average molecular weight is 396 g/mol.